The van der Waals surface area contributed by atoms with Crippen LogP contribution in [0.3, 0.4) is 0 Å². The Kier molecular flexibility index (Phi) is 5.26. The van der Waals surface area contributed by atoms with Gasteiger partial charge in [0.2, 0.25) is 11.8 Å². The molecule has 2 amide bonds. The Morgan fingerprint density at radius 2 is 1.90 bits per heavy atom. The van der Waals surface area contributed by atoms with Gasteiger partial charge in [-0.3, -0.25) is 9.59 Å². The van der Waals surface area contributed by atoms with Gasteiger partial charge >= 0.3 is 0 Å². The molecule has 0 radical (unpaired) electrons. The highest BCUT2D eigenvalue weighted by Gasteiger charge is 2.24. The standard InChI is InChI=1S/C15H16Cl2N2O2/c16-12-2-3-13(17)11(9-12)1-4-14(20)19-7-5-10(6-8-19)15(18)21/h1-4,9-10H,5-8H2,(H2,18,21)/b4-1+. The van der Waals surface area contributed by atoms with E-state index in [2.05, 4.69) is 0 Å². The molecule has 1 heterocycles. The Morgan fingerprint density at radius 1 is 1.24 bits per heavy atom. The zero-order chi connectivity index (χ0) is 15.4. The van der Waals surface area contributed by atoms with E-state index >= 15 is 0 Å². The summed E-state index contributed by atoms with van der Waals surface area (Å²) in [6, 6.07) is 5.08. The Labute approximate surface area is 133 Å². The van der Waals surface area contributed by atoms with Crippen molar-refractivity contribution in [2.24, 2.45) is 11.7 Å². The minimum Gasteiger partial charge on any atom is -0.369 e. The third-order valence-electron chi connectivity index (χ3n) is 3.57. The second kappa shape index (κ2) is 6.96. The minimum atomic E-state index is -0.289. The van der Waals surface area contributed by atoms with Gasteiger partial charge in [0, 0.05) is 35.1 Å². The molecule has 1 aromatic carbocycles. The fourth-order valence-corrected chi connectivity index (χ4v) is 2.65. The molecule has 0 bridgehead atoms. The first-order chi connectivity index (χ1) is 9.97. The van der Waals surface area contributed by atoms with Crippen LogP contribution in [0.2, 0.25) is 10.0 Å². The van der Waals surface area contributed by atoms with Crippen LogP contribution in [-0.2, 0) is 9.59 Å². The van der Waals surface area contributed by atoms with Crippen LogP contribution in [0.1, 0.15) is 18.4 Å². The maximum Gasteiger partial charge on any atom is 0.246 e. The summed E-state index contributed by atoms with van der Waals surface area (Å²) >= 11 is 11.9. The largest absolute Gasteiger partial charge is 0.369 e. The van der Waals surface area contributed by atoms with Crippen molar-refractivity contribution in [1.29, 1.82) is 0 Å². The monoisotopic (exact) mass is 326 g/mol. The van der Waals surface area contributed by atoms with Crippen molar-refractivity contribution in [3.8, 4) is 0 Å². The Bertz CT molecular complexity index is 579. The molecule has 21 heavy (non-hydrogen) atoms. The summed E-state index contributed by atoms with van der Waals surface area (Å²) in [5.41, 5.74) is 5.97. The van der Waals surface area contributed by atoms with Crippen molar-refractivity contribution in [3.05, 3.63) is 39.9 Å². The van der Waals surface area contributed by atoms with Crippen LogP contribution in [0.5, 0.6) is 0 Å². The summed E-state index contributed by atoms with van der Waals surface area (Å²) in [7, 11) is 0. The lowest BCUT2D eigenvalue weighted by Crippen LogP contribution is -2.41. The van der Waals surface area contributed by atoms with Crippen LogP contribution >= 0.6 is 23.2 Å². The molecule has 1 aliphatic rings. The summed E-state index contributed by atoms with van der Waals surface area (Å²) < 4.78 is 0. The summed E-state index contributed by atoms with van der Waals surface area (Å²) in [6.45, 7) is 1.08. The number of amides is 2. The van der Waals surface area contributed by atoms with E-state index < -0.39 is 0 Å². The van der Waals surface area contributed by atoms with Gasteiger partial charge in [-0.15, -0.1) is 0 Å². The Morgan fingerprint density at radius 3 is 2.52 bits per heavy atom. The van der Waals surface area contributed by atoms with E-state index in [4.69, 9.17) is 28.9 Å². The molecule has 0 unspecified atom stereocenters. The Balaban J connectivity index is 1.97. The first-order valence-electron chi connectivity index (χ1n) is 6.68. The number of piperidine rings is 1. The number of halogens is 2. The molecule has 112 valence electrons. The predicted octanol–water partition coefficient (Wildman–Crippen LogP) is 2.73. The normalized spacial score (nSPS) is 16.4. The van der Waals surface area contributed by atoms with Gasteiger partial charge in [-0.2, -0.15) is 0 Å². The molecule has 2 rings (SSSR count). The molecular weight excluding hydrogens is 311 g/mol. The van der Waals surface area contributed by atoms with Crippen LogP contribution < -0.4 is 5.73 Å². The van der Waals surface area contributed by atoms with Crippen LogP contribution in [-0.4, -0.2) is 29.8 Å². The minimum absolute atomic E-state index is 0.103. The second-order valence-corrected chi connectivity index (χ2v) is 5.84. The van der Waals surface area contributed by atoms with Crippen molar-refractivity contribution in [1.82, 2.24) is 4.90 Å². The molecule has 0 aliphatic carbocycles. The number of rotatable bonds is 3. The summed E-state index contributed by atoms with van der Waals surface area (Å²) in [5.74, 6) is -0.516. The smallest absolute Gasteiger partial charge is 0.246 e. The van der Waals surface area contributed by atoms with Gasteiger partial charge in [-0.1, -0.05) is 23.2 Å². The van der Waals surface area contributed by atoms with E-state index in [-0.39, 0.29) is 17.7 Å². The van der Waals surface area contributed by atoms with Gasteiger partial charge in [-0.05, 0) is 42.7 Å². The SMILES string of the molecule is NC(=O)C1CCN(C(=O)/C=C/c2cc(Cl)ccc2Cl)CC1. The number of benzene rings is 1. The highest BCUT2D eigenvalue weighted by molar-refractivity contribution is 6.34. The third-order valence-corrected chi connectivity index (χ3v) is 4.15. The molecule has 1 aromatic rings. The van der Waals surface area contributed by atoms with E-state index in [9.17, 15) is 9.59 Å². The van der Waals surface area contributed by atoms with Crippen LogP contribution in [0.4, 0.5) is 0 Å². The lowest BCUT2D eigenvalue weighted by atomic mass is 9.96. The quantitative estimate of drug-likeness (QED) is 0.868. The van der Waals surface area contributed by atoms with Gasteiger partial charge < -0.3 is 10.6 Å². The lowest BCUT2D eigenvalue weighted by molar-refractivity contribution is -0.130. The van der Waals surface area contributed by atoms with E-state index in [0.717, 1.165) is 0 Å². The van der Waals surface area contributed by atoms with Gasteiger partial charge in [-0.25, -0.2) is 0 Å². The van der Waals surface area contributed by atoms with Gasteiger partial charge in [0.25, 0.3) is 0 Å². The number of nitrogens with two attached hydrogens (primary N) is 1. The van der Waals surface area contributed by atoms with Gasteiger partial charge in [0.05, 0.1) is 0 Å². The molecule has 1 saturated heterocycles. The number of nitrogens with zero attached hydrogens (tertiary/aromatic N) is 1. The van der Waals surface area contributed by atoms with E-state index in [0.29, 0.717) is 41.5 Å². The molecule has 2 N–H and O–H groups in total. The fraction of sp³-hybridized carbons (Fsp3) is 0.333. The zero-order valence-electron chi connectivity index (χ0n) is 11.4. The van der Waals surface area contributed by atoms with Crippen molar-refractivity contribution in [2.45, 2.75) is 12.8 Å². The molecule has 4 nitrogen and oxygen atoms in total. The van der Waals surface area contributed by atoms with Gasteiger partial charge in [0.1, 0.15) is 0 Å². The van der Waals surface area contributed by atoms with Crippen LogP contribution in [0, 0.1) is 5.92 Å². The molecule has 1 fully saturated rings. The molecule has 0 aromatic heterocycles. The third kappa shape index (κ3) is 4.22. The van der Waals surface area contributed by atoms with Crippen molar-refractivity contribution in [2.75, 3.05) is 13.1 Å². The number of hydrogen-bond acceptors (Lipinski definition) is 2. The second-order valence-electron chi connectivity index (χ2n) is 5.00. The summed E-state index contributed by atoms with van der Waals surface area (Å²) in [4.78, 5) is 24.9. The molecule has 1 aliphatic heterocycles. The van der Waals surface area contributed by atoms with Gasteiger partial charge in [0.15, 0.2) is 0 Å². The molecule has 0 saturated carbocycles. The number of carbonyl (C=O) groups is 2. The molecular formula is C15H16Cl2N2O2. The predicted molar refractivity (Wildman–Crippen MR) is 84.0 cm³/mol. The number of hydrogen-bond donors (Lipinski definition) is 1. The topological polar surface area (TPSA) is 63.4 Å². The maximum absolute atomic E-state index is 12.1. The van der Waals surface area contributed by atoms with Crippen LogP contribution in [0.15, 0.2) is 24.3 Å². The summed E-state index contributed by atoms with van der Waals surface area (Å²) in [6.07, 6.45) is 4.36. The van der Waals surface area contributed by atoms with Crippen molar-refractivity contribution >= 4 is 41.1 Å². The first-order valence-corrected chi connectivity index (χ1v) is 7.44. The zero-order valence-corrected chi connectivity index (χ0v) is 12.9. The molecule has 0 spiro atoms. The van der Waals surface area contributed by atoms with E-state index in [1.54, 1.807) is 29.2 Å². The number of primary amides is 1. The molecule has 6 heteroatoms. The van der Waals surface area contributed by atoms with Crippen molar-refractivity contribution in [3.63, 3.8) is 0 Å². The number of carbonyl (C=O) groups excluding carboxylic acids is 2. The summed E-state index contributed by atoms with van der Waals surface area (Å²) in [5, 5.41) is 1.10. The maximum atomic E-state index is 12.1. The Hall–Kier alpha value is -1.52. The fourth-order valence-electron chi connectivity index (χ4n) is 2.29. The lowest BCUT2D eigenvalue weighted by Gasteiger charge is -2.29. The number of likely N-dealkylation sites (tertiary alicyclic amines) is 1. The average molecular weight is 327 g/mol. The first kappa shape index (κ1) is 15.9. The molecule has 0 atom stereocenters. The highest BCUT2D eigenvalue weighted by Crippen LogP contribution is 2.22. The van der Waals surface area contributed by atoms with E-state index in [1.165, 1.54) is 6.08 Å². The highest BCUT2D eigenvalue weighted by atomic mass is 35.5. The average Bonchev–Trinajstić information content (AvgIpc) is 2.48. The van der Waals surface area contributed by atoms with Crippen molar-refractivity contribution < 1.29 is 9.59 Å². The van der Waals surface area contributed by atoms with E-state index in [1.807, 2.05) is 0 Å². The van der Waals surface area contributed by atoms with Crippen LogP contribution in [0.25, 0.3) is 6.08 Å².